The Balaban J connectivity index is 2.32. The van der Waals surface area contributed by atoms with Crippen LogP contribution in [0, 0.1) is 0 Å². The Hall–Kier alpha value is -1.51. The zero-order chi connectivity index (χ0) is 9.52. The SMILES string of the molecule is O=CCCCOc1cccc(O)c1. The van der Waals surface area contributed by atoms with Crippen molar-refractivity contribution in [2.75, 3.05) is 6.61 Å². The van der Waals surface area contributed by atoms with E-state index < -0.39 is 0 Å². The Morgan fingerprint density at radius 3 is 3.00 bits per heavy atom. The Bertz CT molecular complexity index is 271. The molecule has 1 rings (SSSR count). The van der Waals surface area contributed by atoms with Crippen LogP contribution in [-0.4, -0.2) is 18.0 Å². The molecular weight excluding hydrogens is 168 g/mol. The highest BCUT2D eigenvalue weighted by Gasteiger charge is 1.94. The molecule has 0 saturated heterocycles. The van der Waals surface area contributed by atoms with Gasteiger partial charge in [-0.3, -0.25) is 0 Å². The van der Waals surface area contributed by atoms with Crippen molar-refractivity contribution in [1.29, 1.82) is 0 Å². The fraction of sp³-hybridized carbons (Fsp3) is 0.300. The quantitative estimate of drug-likeness (QED) is 0.554. The highest BCUT2D eigenvalue weighted by molar-refractivity contribution is 5.49. The number of carbonyl (C=O) groups excluding carboxylic acids is 1. The molecule has 1 aromatic carbocycles. The lowest BCUT2D eigenvalue weighted by atomic mass is 10.3. The molecule has 0 spiro atoms. The molecule has 0 atom stereocenters. The lowest BCUT2D eigenvalue weighted by Crippen LogP contribution is -1.96. The normalized spacial score (nSPS) is 9.54. The molecule has 0 aliphatic rings. The van der Waals surface area contributed by atoms with Crippen molar-refractivity contribution in [3.8, 4) is 11.5 Å². The molecule has 70 valence electrons. The maximum Gasteiger partial charge on any atom is 0.122 e. The highest BCUT2D eigenvalue weighted by Crippen LogP contribution is 2.17. The van der Waals surface area contributed by atoms with Gasteiger partial charge in [0.1, 0.15) is 17.8 Å². The van der Waals surface area contributed by atoms with Crippen LogP contribution in [0.2, 0.25) is 0 Å². The molecule has 0 unspecified atom stereocenters. The standard InChI is InChI=1S/C10H12O3/c11-6-1-2-7-13-10-5-3-4-9(12)8-10/h3-6,8,12H,1-2,7H2. The predicted octanol–water partition coefficient (Wildman–Crippen LogP) is 1.75. The predicted molar refractivity (Wildman–Crippen MR) is 48.9 cm³/mol. The lowest BCUT2D eigenvalue weighted by Gasteiger charge is -2.04. The first-order chi connectivity index (χ1) is 6.33. The van der Waals surface area contributed by atoms with Gasteiger partial charge in [-0.15, -0.1) is 0 Å². The van der Waals surface area contributed by atoms with Crippen LogP contribution in [0.5, 0.6) is 11.5 Å². The van der Waals surface area contributed by atoms with Crippen LogP contribution < -0.4 is 4.74 Å². The van der Waals surface area contributed by atoms with E-state index in [4.69, 9.17) is 9.84 Å². The number of hydrogen-bond acceptors (Lipinski definition) is 3. The zero-order valence-electron chi connectivity index (χ0n) is 7.27. The molecule has 0 amide bonds. The molecule has 0 radical (unpaired) electrons. The number of aldehydes is 1. The summed E-state index contributed by atoms with van der Waals surface area (Å²) in [6.45, 7) is 0.502. The van der Waals surface area contributed by atoms with Crippen LogP contribution >= 0.6 is 0 Å². The van der Waals surface area contributed by atoms with Gasteiger partial charge in [0.05, 0.1) is 6.61 Å². The number of ether oxygens (including phenoxy) is 1. The molecule has 0 bridgehead atoms. The smallest absolute Gasteiger partial charge is 0.122 e. The Morgan fingerprint density at radius 2 is 2.31 bits per heavy atom. The van der Waals surface area contributed by atoms with Gasteiger partial charge in [0.2, 0.25) is 0 Å². The van der Waals surface area contributed by atoms with Crippen LogP contribution in [-0.2, 0) is 4.79 Å². The molecule has 0 aromatic heterocycles. The first-order valence-corrected chi connectivity index (χ1v) is 4.18. The van der Waals surface area contributed by atoms with Crippen LogP contribution in [0.4, 0.5) is 0 Å². The van der Waals surface area contributed by atoms with E-state index >= 15 is 0 Å². The number of phenols is 1. The summed E-state index contributed by atoms with van der Waals surface area (Å²) in [6.07, 6.45) is 2.09. The molecule has 1 aromatic rings. The number of carbonyl (C=O) groups is 1. The first-order valence-electron chi connectivity index (χ1n) is 4.18. The Morgan fingerprint density at radius 1 is 1.46 bits per heavy atom. The van der Waals surface area contributed by atoms with E-state index in [2.05, 4.69) is 0 Å². The van der Waals surface area contributed by atoms with Gasteiger partial charge >= 0.3 is 0 Å². The Kier molecular flexibility index (Phi) is 3.82. The first kappa shape index (κ1) is 9.58. The summed E-state index contributed by atoms with van der Waals surface area (Å²) in [5.41, 5.74) is 0. The summed E-state index contributed by atoms with van der Waals surface area (Å²) in [5, 5.41) is 9.08. The van der Waals surface area contributed by atoms with Gasteiger partial charge in [-0.1, -0.05) is 6.07 Å². The van der Waals surface area contributed by atoms with Gasteiger partial charge in [0, 0.05) is 12.5 Å². The monoisotopic (exact) mass is 180 g/mol. The number of unbranched alkanes of at least 4 members (excludes halogenated alkanes) is 1. The maximum atomic E-state index is 9.97. The van der Waals surface area contributed by atoms with Crippen molar-refractivity contribution in [2.24, 2.45) is 0 Å². The van der Waals surface area contributed by atoms with Crippen molar-refractivity contribution in [3.05, 3.63) is 24.3 Å². The van der Waals surface area contributed by atoms with E-state index in [1.807, 2.05) is 0 Å². The topological polar surface area (TPSA) is 46.5 Å². The second-order valence-electron chi connectivity index (χ2n) is 2.65. The van der Waals surface area contributed by atoms with E-state index in [0.29, 0.717) is 25.2 Å². The average molecular weight is 180 g/mol. The summed E-state index contributed by atoms with van der Waals surface area (Å²) in [6, 6.07) is 6.60. The second-order valence-corrected chi connectivity index (χ2v) is 2.65. The molecule has 0 fully saturated rings. The van der Waals surface area contributed by atoms with Gasteiger partial charge in [-0.25, -0.2) is 0 Å². The number of phenolic OH excluding ortho intramolecular Hbond substituents is 1. The largest absolute Gasteiger partial charge is 0.508 e. The van der Waals surface area contributed by atoms with Crippen LogP contribution in [0.25, 0.3) is 0 Å². The molecular formula is C10H12O3. The summed E-state index contributed by atoms with van der Waals surface area (Å²) in [7, 11) is 0. The number of benzene rings is 1. The van der Waals surface area contributed by atoms with Gasteiger partial charge in [-0.05, 0) is 18.6 Å². The van der Waals surface area contributed by atoms with E-state index in [9.17, 15) is 4.79 Å². The minimum Gasteiger partial charge on any atom is -0.508 e. The third-order valence-corrected chi connectivity index (χ3v) is 1.55. The van der Waals surface area contributed by atoms with E-state index in [1.165, 1.54) is 0 Å². The molecule has 0 heterocycles. The second kappa shape index (κ2) is 5.19. The minimum atomic E-state index is 0.188. The summed E-state index contributed by atoms with van der Waals surface area (Å²) in [4.78, 5) is 9.97. The van der Waals surface area contributed by atoms with Crippen molar-refractivity contribution < 1.29 is 14.6 Å². The van der Waals surface area contributed by atoms with Crippen molar-refractivity contribution in [2.45, 2.75) is 12.8 Å². The van der Waals surface area contributed by atoms with Gasteiger partial charge in [0.15, 0.2) is 0 Å². The Labute approximate surface area is 77.0 Å². The van der Waals surface area contributed by atoms with Gasteiger partial charge in [0.25, 0.3) is 0 Å². The third-order valence-electron chi connectivity index (χ3n) is 1.55. The van der Waals surface area contributed by atoms with E-state index in [0.717, 1.165) is 6.29 Å². The number of aromatic hydroxyl groups is 1. The van der Waals surface area contributed by atoms with Crippen LogP contribution in [0.3, 0.4) is 0 Å². The van der Waals surface area contributed by atoms with Crippen molar-refractivity contribution >= 4 is 6.29 Å². The number of hydrogen-bond donors (Lipinski definition) is 1. The van der Waals surface area contributed by atoms with Crippen LogP contribution in [0.1, 0.15) is 12.8 Å². The van der Waals surface area contributed by atoms with E-state index in [1.54, 1.807) is 24.3 Å². The van der Waals surface area contributed by atoms with Gasteiger partial charge in [-0.2, -0.15) is 0 Å². The molecule has 1 N–H and O–H groups in total. The molecule has 3 heteroatoms. The lowest BCUT2D eigenvalue weighted by molar-refractivity contribution is -0.108. The minimum absolute atomic E-state index is 0.188. The van der Waals surface area contributed by atoms with Crippen molar-refractivity contribution in [1.82, 2.24) is 0 Å². The van der Waals surface area contributed by atoms with Crippen LogP contribution in [0.15, 0.2) is 24.3 Å². The zero-order valence-corrected chi connectivity index (χ0v) is 7.27. The summed E-state index contributed by atoms with van der Waals surface area (Å²) in [5.74, 6) is 0.818. The van der Waals surface area contributed by atoms with E-state index in [-0.39, 0.29) is 5.75 Å². The summed E-state index contributed by atoms with van der Waals surface area (Å²) < 4.78 is 5.27. The molecule has 3 nitrogen and oxygen atoms in total. The summed E-state index contributed by atoms with van der Waals surface area (Å²) >= 11 is 0. The molecule has 0 aliphatic carbocycles. The highest BCUT2D eigenvalue weighted by atomic mass is 16.5. The third kappa shape index (κ3) is 3.60. The average Bonchev–Trinajstić information content (AvgIpc) is 2.13. The van der Waals surface area contributed by atoms with Gasteiger partial charge < -0.3 is 14.6 Å². The van der Waals surface area contributed by atoms with Crippen molar-refractivity contribution in [3.63, 3.8) is 0 Å². The fourth-order valence-corrected chi connectivity index (χ4v) is 0.930. The maximum absolute atomic E-state index is 9.97. The molecule has 0 aliphatic heterocycles. The molecule has 13 heavy (non-hydrogen) atoms. The number of rotatable bonds is 5. The fourth-order valence-electron chi connectivity index (χ4n) is 0.930. The molecule has 0 saturated carbocycles.